The zero-order valence-electron chi connectivity index (χ0n) is 12.6. The number of benzene rings is 1. The van der Waals surface area contributed by atoms with Crippen molar-refractivity contribution in [1.82, 2.24) is 0 Å². The van der Waals surface area contributed by atoms with Crippen molar-refractivity contribution in [2.75, 3.05) is 7.11 Å². The SMILES string of the molecule is COc1cccc(C2CC(C)(C)CCC2CC(=O)O)c1. The van der Waals surface area contributed by atoms with E-state index >= 15 is 0 Å². The second kappa shape index (κ2) is 5.86. The topological polar surface area (TPSA) is 46.5 Å². The number of hydrogen-bond donors (Lipinski definition) is 1. The van der Waals surface area contributed by atoms with Gasteiger partial charge in [-0.3, -0.25) is 4.79 Å². The standard InChI is InChI=1S/C17H24O3/c1-17(2)8-7-13(10-16(18)19)15(11-17)12-5-4-6-14(9-12)20-3/h4-6,9,13,15H,7-8,10-11H2,1-3H3,(H,18,19). The molecule has 2 atom stereocenters. The number of ether oxygens (including phenoxy) is 1. The van der Waals surface area contributed by atoms with Crippen molar-refractivity contribution in [2.45, 2.75) is 45.4 Å². The molecule has 1 fully saturated rings. The van der Waals surface area contributed by atoms with Crippen molar-refractivity contribution in [3.05, 3.63) is 29.8 Å². The zero-order valence-corrected chi connectivity index (χ0v) is 12.6. The summed E-state index contributed by atoms with van der Waals surface area (Å²) < 4.78 is 5.30. The van der Waals surface area contributed by atoms with Crippen molar-refractivity contribution >= 4 is 5.97 Å². The van der Waals surface area contributed by atoms with Gasteiger partial charge in [-0.05, 0) is 54.2 Å². The van der Waals surface area contributed by atoms with Crippen molar-refractivity contribution in [3.63, 3.8) is 0 Å². The molecular weight excluding hydrogens is 252 g/mol. The van der Waals surface area contributed by atoms with Gasteiger partial charge in [0.05, 0.1) is 7.11 Å². The van der Waals surface area contributed by atoms with Crippen LogP contribution in [0.5, 0.6) is 5.75 Å². The molecule has 1 aromatic rings. The van der Waals surface area contributed by atoms with Gasteiger partial charge in [0, 0.05) is 6.42 Å². The average molecular weight is 276 g/mol. The van der Waals surface area contributed by atoms with E-state index in [2.05, 4.69) is 26.0 Å². The minimum Gasteiger partial charge on any atom is -0.497 e. The van der Waals surface area contributed by atoms with E-state index in [1.54, 1.807) is 7.11 Å². The summed E-state index contributed by atoms with van der Waals surface area (Å²) in [6, 6.07) is 8.08. The highest BCUT2D eigenvalue weighted by Crippen LogP contribution is 2.48. The summed E-state index contributed by atoms with van der Waals surface area (Å²) in [6.45, 7) is 4.55. The number of aliphatic carboxylic acids is 1. The molecule has 0 amide bonds. The normalized spacial score (nSPS) is 25.1. The lowest BCUT2D eigenvalue weighted by molar-refractivity contribution is -0.138. The number of methoxy groups -OCH3 is 1. The molecule has 1 aromatic carbocycles. The molecule has 1 N–H and O–H groups in total. The minimum absolute atomic E-state index is 0.229. The van der Waals surface area contributed by atoms with E-state index in [0.717, 1.165) is 25.0 Å². The quantitative estimate of drug-likeness (QED) is 0.901. The Morgan fingerprint density at radius 1 is 1.45 bits per heavy atom. The van der Waals surface area contributed by atoms with Crippen LogP contribution in [-0.2, 0) is 4.79 Å². The predicted molar refractivity (Wildman–Crippen MR) is 79.1 cm³/mol. The molecule has 1 aliphatic rings. The summed E-state index contributed by atoms with van der Waals surface area (Å²) in [6.07, 6.45) is 3.39. The highest BCUT2D eigenvalue weighted by atomic mass is 16.5. The fourth-order valence-corrected chi connectivity index (χ4v) is 3.37. The molecule has 1 saturated carbocycles. The summed E-state index contributed by atoms with van der Waals surface area (Å²) in [5, 5.41) is 9.14. The largest absolute Gasteiger partial charge is 0.497 e. The first kappa shape index (κ1) is 14.9. The summed E-state index contributed by atoms with van der Waals surface area (Å²) in [5.41, 5.74) is 1.49. The number of carboxylic acid groups (broad SMARTS) is 1. The van der Waals surface area contributed by atoms with Crippen LogP contribution in [0.3, 0.4) is 0 Å². The molecule has 110 valence electrons. The van der Waals surface area contributed by atoms with Crippen LogP contribution in [0.15, 0.2) is 24.3 Å². The Balaban J connectivity index is 2.27. The van der Waals surface area contributed by atoms with Crippen LogP contribution >= 0.6 is 0 Å². The van der Waals surface area contributed by atoms with Crippen molar-refractivity contribution in [2.24, 2.45) is 11.3 Å². The molecule has 2 rings (SSSR count). The highest BCUT2D eigenvalue weighted by Gasteiger charge is 2.36. The van der Waals surface area contributed by atoms with Gasteiger partial charge in [-0.25, -0.2) is 0 Å². The summed E-state index contributed by atoms with van der Waals surface area (Å²) in [4.78, 5) is 11.1. The molecule has 0 aliphatic heterocycles. The summed E-state index contributed by atoms with van der Waals surface area (Å²) >= 11 is 0. The van der Waals surface area contributed by atoms with E-state index in [1.165, 1.54) is 5.56 Å². The first-order valence-electron chi connectivity index (χ1n) is 7.27. The maximum absolute atomic E-state index is 11.1. The number of hydrogen-bond acceptors (Lipinski definition) is 2. The summed E-state index contributed by atoms with van der Waals surface area (Å²) in [5.74, 6) is 0.695. The highest BCUT2D eigenvalue weighted by molar-refractivity contribution is 5.67. The van der Waals surface area contributed by atoms with Crippen LogP contribution in [0.25, 0.3) is 0 Å². The Hall–Kier alpha value is -1.51. The third kappa shape index (κ3) is 3.53. The van der Waals surface area contributed by atoms with Crippen molar-refractivity contribution < 1.29 is 14.6 Å². The molecule has 0 aromatic heterocycles. The van der Waals surface area contributed by atoms with Crippen LogP contribution in [0, 0.1) is 11.3 Å². The molecule has 0 bridgehead atoms. The maximum atomic E-state index is 11.1. The lowest BCUT2D eigenvalue weighted by Crippen LogP contribution is -2.30. The van der Waals surface area contributed by atoms with Gasteiger partial charge in [0.1, 0.15) is 5.75 Å². The lowest BCUT2D eigenvalue weighted by atomic mass is 9.64. The Morgan fingerprint density at radius 2 is 2.20 bits per heavy atom. The van der Waals surface area contributed by atoms with Gasteiger partial charge in [-0.15, -0.1) is 0 Å². The second-order valence-electron chi connectivity index (χ2n) is 6.65. The molecule has 0 spiro atoms. The Morgan fingerprint density at radius 3 is 2.85 bits per heavy atom. The van der Waals surface area contributed by atoms with E-state index < -0.39 is 5.97 Å². The van der Waals surface area contributed by atoms with E-state index in [0.29, 0.717) is 5.92 Å². The van der Waals surface area contributed by atoms with E-state index in [1.807, 2.05) is 12.1 Å². The van der Waals surface area contributed by atoms with Gasteiger partial charge in [-0.1, -0.05) is 26.0 Å². The average Bonchev–Trinajstić information content (AvgIpc) is 2.40. The lowest BCUT2D eigenvalue weighted by Gasteiger charge is -2.40. The minimum atomic E-state index is -0.692. The van der Waals surface area contributed by atoms with E-state index in [4.69, 9.17) is 9.84 Å². The second-order valence-corrected chi connectivity index (χ2v) is 6.65. The maximum Gasteiger partial charge on any atom is 0.303 e. The van der Waals surface area contributed by atoms with Crippen LogP contribution in [0.4, 0.5) is 0 Å². The fraction of sp³-hybridized carbons (Fsp3) is 0.588. The van der Waals surface area contributed by atoms with Crippen LogP contribution in [-0.4, -0.2) is 18.2 Å². The fourth-order valence-electron chi connectivity index (χ4n) is 3.37. The molecule has 3 nitrogen and oxygen atoms in total. The zero-order chi connectivity index (χ0) is 14.8. The Labute approximate surface area is 121 Å². The van der Waals surface area contributed by atoms with E-state index in [-0.39, 0.29) is 17.8 Å². The van der Waals surface area contributed by atoms with Gasteiger partial charge in [0.25, 0.3) is 0 Å². The van der Waals surface area contributed by atoms with Crippen molar-refractivity contribution in [1.29, 1.82) is 0 Å². The molecule has 0 saturated heterocycles. The first-order valence-corrected chi connectivity index (χ1v) is 7.27. The number of rotatable bonds is 4. The van der Waals surface area contributed by atoms with Crippen molar-refractivity contribution in [3.8, 4) is 5.75 Å². The molecule has 0 heterocycles. The molecule has 0 radical (unpaired) electrons. The van der Waals surface area contributed by atoms with Gasteiger partial charge < -0.3 is 9.84 Å². The monoisotopic (exact) mass is 276 g/mol. The van der Waals surface area contributed by atoms with Crippen LogP contribution in [0.2, 0.25) is 0 Å². The summed E-state index contributed by atoms with van der Waals surface area (Å²) in [7, 11) is 1.67. The molecule has 2 unspecified atom stereocenters. The third-order valence-corrected chi connectivity index (χ3v) is 4.49. The van der Waals surface area contributed by atoms with Gasteiger partial charge in [-0.2, -0.15) is 0 Å². The van der Waals surface area contributed by atoms with Gasteiger partial charge >= 0.3 is 5.97 Å². The smallest absolute Gasteiger partial charge is 0.303 e. The predicted octanol–water partition coefficient (Wildman–Crippen LogP) is 4.08. The van der Waals surface area contributed by atoms with Crippen LogP contribution < -0.4 is 4.74 Å². The molecule has 1 aliphatic carbocycles. The van der Waals surface area contributed by atoms with Gasteiger partial charge in [0.15, 0.2) is 0 Å². The Kier molecular flexibility index (Phi) is 4.36. The van der Waals surface area contributed by atoms with Gasteiger partial charge in [0.2, 0.25) is 0 Å². The Bertz CT molecular complexity index is 479. The first-order chi connectivity index (χ1) is 9.41. The number of carboxylic acids is 1. The molecule has 3 heteroatoms. The van der Waals surface area contributed by atoms with Crippen LogP contribution in [0.1, 0.15) is 51.0 Å². The molecule has 20 heavy (non-hydrogen) atoms. The third-order valence-electron chi connectivity index (χ3n) is 4.49. The molecular formula is C17H24O3. The van der Waals surface area contributed by atoms with E-state index in [9.17, 15) is 4.79 Å². The number of carbonyl (C=O) groups is 1.